The van der Waals surface area contributed by atoms with Crippen molar-refractivity contribution in [1.29, 1.82) is 0 Å². The van der Waals surface area contributed by atoms with Crippen LogP contribution in [0, 0.1) is 0 Å². The fraction of sp³-hybridized carbons (Fsp3) is 0.267. The quantitative estimate of drug-likeness (QED) is 0.782. The number of amides is 2. The van der Waals surface area contributed by atoms with E-state index in [1.807, 2.05) is 60.3 Å². The minimum atomic E-state index is -0.577. The van der Waals surface area contributed by atoms with Gasteiger partial charge in [-0.2, -0.15) is 0 Å². The number of aliphatic hydroxyl groups is 1. The molecule has 1 aromatic carbocycles. The number of aliphatic hydroxyl groups excluding tert-OH is 1. The highest BCUT2D eigenvalue weighted by molar-refractivity contribution is 5.89. The van der Waals surface area contributed by atoms with E-state index in [0.717, 1.165) is 11.4 Å². The van der Waals surface area contributed by atoms with E-state index in [1.165, 1.54) is 0 Å². The van der Waals surface area contributed by atoms with Crippen LogP contribution in [0.15, 0.2) is 48.7 Å². The molecule has 3 N–H and O–H groups in total. The van der Waals surface area contributed by atoms with Crippen molar-refractivity contribution in [2.24, 2.45) is 7.05 Å². The zero-order chi connectivity index (χ0) is 14.4. The molecule has 5 nitrogen and oxygen atoms in total. The summed E-state index contributed by atoms with van der Waals surface area (Å²) in [5, 5.41) is 15.4. The molecule has 0 aliphatic carbocycles. The van der Waals surface area contributed by atoms with Crippen LogP contribution in [0.3, 0.4) is 0 Å². The molecule has 1 atom stereocenters. The first kappa shape index (κ1) is 14.1. The van der Waals surface area contributed by atoms with Crippen LogP contribution >= 0.6 is 0 Å². The number of hydrogen-bond acceptors (Lipinski definition) is 2. The minimum Gasteiger partial charge on any atom is -0.387 e. The highest BCUT2D eigenvalue weighted by atomic mass is 16.3. The second-order valence-electron chi connectivity index (χ2n) is 4.60. The standard InChI is InChI=1S/C15H19N3O2/c1-18-11-5-8-13(18)14(19)9-10-16-15(20)17-12-6-3-2-4-7-12/h2-8,11,14,19H,9-10H2,1H3,(H2,16,17,20)/t14-/m0/s1. The average molecular weight is 273 g/mol. The van der Waals surface area contributed by atoms with Crippen molar-refractivity contribution in [2.75, 3.05) is 11.9 Å². The Morgan fingerprint density at radius 1 is 1.25 bits per heavy atom. The Balaban J connectivity index is 1.73. The summed E-state index contributed by atoms with van der Waals surface area (Å²) in [7, 11) is 1.88. The lowest BCUT2D eigenvalue weighted by Crippen LogP contribution is -2.30. The van der Waals surface area contributed by atoms with Gasteiger partial charge in [0.25, 0.3) is 0 Å². The minimum absolute atomic E-state index is 0.268. The van der Waals surface area contributed by atoms with Crippen LogP contribution in [0.1, 0.15) is 18.2 Å². The van der Waals surface area contributed by atoms with Crippen LogP contribution in [0.4, 0.5) is 10.5 Å². The summed E-state index contributed by atoms with van der Waals surface area (Å²) in [5.41, 5.74) is 1.59. The monoisotopic (exact) mass is 273 g/mol. The molecule has 1 heterocycles. The van der Waals surface area contributed by atoms with Crippen molar-refractivity contribution in [2.45, 2.75) is 12.5 Å². The second-order valence-corrected chi connectivity index (χ2v) is 4.60. The van der Waals surface area contributed by atoms with Crippen molar-refractivity contribution in [1.82, 2.24) is 9.88 Å². The van der Waals surface area contributed by atoms with Crippen molar-refractivity contribution in [3.8, 4) is 0 Å². The number of anilines is 1. The number of urea groups is 1. The Hall–Kier alpha value is -2.27. The third-order valence-electron chi connectivity index (χ3n) is 3.06. The number of aromatic nitrogens is 1. The van der Waals surface area contributed by atoms with Gasteiger partial charge >= 0.3 is 6.03 Å². The molecule has 2 rings (SSSR count). The van der Waals surface area contributed by atoms with Crippen LogP contribution in [0.5, 0.6) is 0 Å². The molecule has 0 unspecified atom stereocenters. The Kier molecular flexibility index (Phi) is 4.79. The highest BCUT2D eigenvalue weighted by Gasteiger charge is 2.10. The van der Waals surface area contributed by atoms with Crippen LogP contribution in [0.2, 0.25) is 0 Å². The van der Waals surface area contributed by atoms with Crippen LogP contribution < -0.4 is 10.6 Å². The molecule has 2 aromatic rings. The molecule has 0 bridgehead atoms. The summed E-state index contributed by atoms with van der Waals surface area (Å²) in [6.07, 6.45) is 1.78. The topological polar surface area (TPSA) is 66.3 Å². The maximum absolute atomic E-state index is 11.6. The summed E-state index contributed by atoms with van der Waals surface area (Å²) in [6, 6.07) is 12.7. The van der Waals surface area contributed by atoms with Crippen molar-refractivity contribution >= 4 is 11.7 Å². The maximum atomic E-state index is 11.6. The molecule has 2 amide bonds. The molecule has 0 radical (unpaired) electrons. The number of benzene rings is 1. The Bertz CT molecular complexity index is 551. The SMILES string of the molecule is Cn1cccc1[C@@H](O)CCNC(=O)Nc1ccccc1. The van der Waals surface area contributed by atoms with Gasteiger partial charge in [0.05, 0.1) is 6.10 Å². The van der Waals surface area contributed by atoms with Gasteiger partial charge in [-0.05, 0) is 30.7 Å². The normalized spacial score (nSPS) is 11.9. The number of rotatable bonds is 5. The fourth-order valence-electron chi connectivity index (χ4n) is 1.99. The van der Waals surface area contributed by atoms with Crippen LogP contribution in [0.25, 0.3) is 0 Å². The summed E-state index contributed by atoms with van der Waals surface area (Å²) < 4.78 is 1.87. The summed E-state index contributed by atoms with van der Waals surface area (Å²) in [6.45, 7) is 0.408. The number of aryl methyl sites for hydroxylation is 1. The number of carbonyl (C=O) groups is 1. The third-order valence-corrected chi connectivity index (χ3v) is 3.06. The van der Waals surface area contributed by atoms with E-state index < -0.39 is 6.10 Å². The number of para-hydroxylation sites is 1. The first-order valence-electron chi connectivity index (χ1n) is 6.56. The first-order valence-corrected chi connectivity index (χ1v) is 6.56. The molecule has 1 aromatic heterocycles. The number of nitrogens with one attached hydrogen (secondary N) is 2. The van der Waals surface area contributed by atoms with Crippen molar-refractivity contribution in [3.63, 3.8) is 0 Å². The number of carbonyl (C=O) groups excluding carboxylic acids is 1. The lowest BCUT2D eigenvalue weighted by molar-refractivity contribution is 0.159. The summed E-state index contributed by atoms with van der Waals surface area (Å²) in [4.78, 5) is 11.6. The van der Waals surface area contributed by atoms with Gasteiger partial charge in [0.2, 0.25) is 0 Å². The van der Waals surface area contributed by atoms with Gasteiger partial charge in [0, 0.05) is 31.2 Å². The van der Waals surface area contributed by atoms with Crippen LogP contribution in [-0.4, -0.2) is 22.2 Å². The molecule has 0 spiro atoms. The molecule has 106 valence electrons. The number of hydrogen-bond donors (Lipinski definition) is 3. The van der Waals surface area contributed by atoms with Crippen LogP contribution in [-0.2, 0) is 7.05 Å². The van der Waals surface area contributed by atoms with Gasteiger partial charge < -0.3 is 20.3 Å². The third kappa shape index (κ3) is 3.86. The van der Waals surface area contributed by atoms with E-state index in [2.05, 4.69) is 10.6 Å². The van der Waals surface area contributed by atoms with Gasteiger partial charge in [0.1, 0.15) is 0 Å². The van der Waals surface area contributed by atoms with Gasteiger partial charge in [-0.1, -0.05) is 18.2 Å². The molecule has 0 fully saturated rings. The predicted octanol–water partition coefficient (Wildman–Crippen LogP) is 2.27. The molecule has 0 aliphatic rings. The van der Waals surface area contributed by atoms with E-state index in [1.54, 1.807) is 0 Å². The van der Waals surface area contributed by atoms with E-state index in [4.69, 9.17) is 0 Å². The Morgan fingerprint density at radius 2 is 2.00 bits per heavy atom. The van der Waals surface area contributed by atoms with E-state index in [9.17, 15) is 9.90 Å². The Labute approximate surface area is 118 Å². The second kappa shape index (κ2) is 6.77. The molecule has 0 saturated carbocycles. The maximum Gasteiger partial charge on any atom is 0.319 e. The zero-order valence-electron chi connectivity index (χ0n) is 11.4. The summed E-state index contributed by atoms with van der Waals surface area (Å²) in [5.74, 6) is 0. The van der Waals surface area contributed by atoms with E-state index in [-0.39, 0.29) is 6.03 Å². The lowest BCUT2D eigenvalue weighted by atomic mass is 10.2. The molecular formula is C15H19N3O2. The Morgan fingerprint density at radius 3 is 2.65 bits per heavy atom. The summed E-state index contributed by atoms with van der Waals surface area (Å²) >= 11 is 0. The van der Waals surface area contributed by atoms with Gasteiger partial charge in [-0.25, -0.2) is 4.79 Å². The molecule has 0 saturated heterocycles. The molecule has 0 aliphatic heterocycles. The molecule has 20 heavy (non-hydrogen) atoms. The van der Waals surface area contributed by atoms with Crippen molar-refractivity contribution < 1.29 is 9.90 Å². The van der Waals surface area contributed by atoms with Gasteiger partial charge in [-0.3, -0.25) is 0 Å². The highest BCUT2D eigenvalue weighted by Crippen LogP contribution is 2.15. The zero-order valence-corrected chi connectivity index (χ0v) is 11.4. The fourth-order valence-corrected chi connectivity index (χ4v) is 1.99. The number of nitrogens with zero attached hydrogens (tertiary/aromatic N) is 1. The smallest absolute Gasteiger partial charge is 0.319 e. The van der Waals surface area contributed by atoms with Gasteiger partial charge in [-0.15, -0.1) is 0 Å². The molecular weight excluding hydrogens is 254 g/mol. The lowest BCUT2D eigenvalue weighted by Gasteiger charge is -2.13. The molecule has 5 heteroatoms. The van der Waals surface area contributed by atoms with Crippen molar-refractivity contribution in [3.05, 3.63) is 54.4 Å². The largest absolute Gasteiger partial charge is 0.387 e. The van der Waals surface area contributed by atoms with Gasteiger partial charge in [0.15, 0.2) is 0 Å². The van der Waals surface area contributed by atoms with E-state index in [0.29, 0.717) is 13.0 Å². The average Bonchev–Trinajstić information content (AvgIpc) is 2.86. The predicted molar refractivity (Wildman–Crippen MR) is 78.5 cm³/mol. The first-order chi connectivity index (χ1) is 9.66. The van der Waals surface area contributed by atoms with E-state index >= 15 is 0 Å².